The van der Waals surface area contributed by atoms with Crippen molar-refractivity contribution in [2.75, 3.05) is 26.8 Å². The third-order valence-electron chi connectivity index (χ3n) is 2.14. The van der Waals surface area contributed by atoms with E-state index in [4.69, 9.17) is 16.3 Å². The number of hydrogen-bond donors (Lipinski definition) is 2. The quantitative estimate of drug-likeness (QED) is 0.753. The van der Waals surface area contributed by atoms with Gasteiger partial charge in [0, 0.05) is 30.8 Å². The Morgan fingerprint density at radius 3 is 3.00 bits per heavy atom. The van der Waals surface area contributed by atoms with Crippen molar-refractivity contribution in [3.63, 3.8) is 0 Å². The van der Waals surface area contributed by atoms with E-state index in [0.29, 0.717) is 30.3 Å². The maximum Gasteiger partial charge on any atom is 0.123 e. The number of rotatable bonds is 6. The molecule has 0 heterocycles. The van der Waals surface area contributed by atoms with E-state index in [-0.39, 0.29) is 0 Å². The molecule has 1 atom stereocenters. The summed E-state index contributed by atoms with van der Waals surface area (Å²) in [5, 5.41) is 13.1. The lowest BCUT2D eigenvalue weighted by Gasteiger charge is -2.13. The standard InChI is InChI=1S/C11H15ClFNO2/c1-16-5-4-14-7-11(15)9-6-8(13)2-3-10(9)12/h2-3,6,11,14-15H,4-5,7H2,1H3. The van der Waals surface area contributed by atoms with Gasteiger partial charge in [0.15, 0.2) is 0 Å². The molecule has 1 aromatic carbocycles. The molecule has 1 rings (SSSR count). The zero-order chi connectivity index (χ0) is 12.0. The highest BCUT2D eigenvalue weighted by Crippen LogP contribution is 2.23. The number of hydrogen-bond acceptors (Lipinski definition) is 3. The van der Waals surface area contributed by atoms with Crippen molar-refractivity contribution in [2.24, 2.45) is 0 Å². The van der Waals surface area contributed by atoms with Crippen LogP contribution in [0.15, 0.2) is 18.2 Å². The molecule has 0 spiro atoms. The predicted octanol–water partition coefficient (Wildman–Crippen LogP) is 1.75. The first-order chi connectivity index (χ1) is 7.65. The first-order valence-corrected chi connectivity index (χ1v) is 5.35. The molecule has 16 heavy (non-hydrogen) atoms. The van der Waals surface area contributed by atoms with Crippen molar-refractivity contribution in [3.8, 4) is 0 Å². The van der Waals surface area contributed by atoms with Gasteiger partial charge in [-0.25, -0.2) is 4.39 Å². The Kier molecular flexibility index (Phi) is 5.69. The van der Waals surface area contributed by atoms with Crippen LogP contribution in [0.5, 0.6) is 0 Å². The van der Waals surface area contributed by atoms with Crippen molar-refractivity contribution in [2.45, 2.75) is 6.10 Å². The summed E-state index contributed by atoms with van der Waals surface area (Å²) in [5.41, 5.74) is 0.395. The highest BCUT2D eigenvalue weighted by molar-refractivity contribution is 6.31. The average Bonchev–Trinajstić information content (AvgIpc) is 2.27. The van der Waals surface area contributed by atoms with E-state index in [1.165, 1.54) is 18.2 Å². The molecule has 0 amide bonds. The highest BCUT2D eigenvalue weighted by Gasteiger charge is 2.11. The molecule has 5 heteroatoms. The topological polar surface area (TPSA) is 41.5 Å². The molecule has 0 saturated carbocycles. The Labute approximate surface area is 99.2 Å². The van der Waals surface area contributed by atoms with Crippen LogP contribution in [0.1, 0.15) is 11.7 Å². The lowest BCUT2D eigenvalue weighted by atomic mass is 10.1. The second kappa shape index (κ2) is 6.81. The number of benzene rings is 1. The average molecular weight is 248 g/mol. The van der Waals surface area contributed by atoms with E-state index in [1.807, 2.05) is 0 Å². The molecule has 0 saturated heterocycles. The molecule has 0 aromatic heterocycles. The van der Waals surface area contributed by atoms with Crippen LogP contribution >= 0.6 is 11.6 Å². The van der Waals surface area contributed by atoms with Gasteiger partial charge >= 0.3 is 0 Å². The maximum atomic E-state index is 12.9. The predicted molar refractivity (Wildman–Crippen MR) is 61.1 cm³/mol. The van der Waals surface area contributed by atoms with E-state index < -0.39 is 11.9 Å². The van der Waals surface area contributed by atoms with Gasteiger partial charge in [-0.3, -0.25) is 0 Å². The molecular formula is C11H15ClFNO2. The van der Waals surface area contributed by atoms with Crippen LogP contribution in [-0.2, 0) is 4.74 Å². The van der Waals surface area contributed by atoms with Crippen molar-refractivity contribution >= 4 is 11.6 Å². The Balaban J connectivity index is 2.51. The van der Waals surface area contributed by atoms with Crippen molar-refractivity contribution in [3.05, 3.63) is 34.6 Å². The Morgan fingerprint density at radius 1 is 1.56 bits per heavy atom. The maximum absolute atomic E-state index is 12.9. The number of halogens is 2. The number of ether oxygens (including phenoxy) is 1. The van der Waals surface area contributed by atoms with Crippen LogP contribution in [0.2, 0.25) is 5.02 Å². The van der Waals surface area contributed by atoms with Gasteiger partial charge in [-0.1, -0.05) is 11.6 Å². The van der Waals surface area contributed by atoms with E-state index in [9.17, 15) is 9.50 Å². The minimum atomic E-state index is -0.819. The first-order valence-electron chi connectivity index (χ1n) is 4.98. The fraction of sp³-hybridized carbons (Fsp3) is 0.455. The van der Waals surface area contributed by atoms with E-state index in [2.05, 4.69) is 5.32 Å². The largest absolute Gasteiger partial charge is 0.387 e. The van der Waals surface area contributed by atoms with Crippen molar-refractivity contribution in [1.29, 1.82) is 0 Å². The zero-order valence-electron chi connectivity index (χ0n) is 9.04. The van der Waals surface area contributed by atoms with Gasteiger partial charge in [0.05, 0.1) is 12.7 Å². The molecule has 0 bridgehead atoms. The normalized spacial score (nSPS) is 12.8. The third-order valence-corrected chi connectivity index (χ3v) is 2.48. The Bertz CT molecular complexity index is 336. The summed E-state index contributed by atoms with van der Waals surface area (Å²) >= 11 is 5.85. The number of methoxy groups -OCH3 is 1. The Morgan fingerprint density at radius 2 is 2.31 bits per heavy atom. The van der Waals surface area contributed by atoms with Crippen LogP contribution in [0.4, 0.5) is 4.39 Å². The monoisotopic (exact) mass is 247 g/mol. The second-order valence-electron chi connectivity index (χ2n) is 3.38. The van der Waals surface area contributed by atoms with Gasteiger partial charge in [-0.05, 0) is 18.2 Å². The smallest absolute Gasteiger partial charge is 0.123 e. The number of nitrogens with one attached hydrogen (secondary N) is 1. The van der Waals surface area contributed by atoms with Crippen LogP contribution in [0.25, 0.3) is 0 Å². The fourth-order valence-electron chi connectivity index (χ4n) is 1.29. The molecule has 2 N–H and O–H groups in total. The van der Waals surface area contributed by atoms with Crippen LogP contribution in [-0.4, -0.2) is 31.9 Å². The number of aliphatic hydroxyl groups is 1. The molecule has 90 valence electrons. The minimum Gasteiger partial charge on any atom is -0.387 e. The lowest BCUT2D eigenvalue weighted by molar-refractivity contribution is 0.161. The molecule has 0 aliphatic rings. The van der Waals surface area contributed by atoms with Gasteiger partial charge in [0.25, 0.3) is 0 Å². The summed E-state index contributed by atoms with van der Waals surface area (Å²) in [4.78, 5) is 0. The first kappa shape index (κ1) is 13.4. The minimum absolute atomic E-state index is 0.312. The summed E-state index contributed by atoms with van der Waals surface area (Å²) in [5.74, 6) is -0.407. The fourth-order valence-corrected chi connectivity index (χ4v) is 1.54. The Hall–Kier alpha value is -0.680. The molecule has 3 nitrogen and oxygen atoms in total. The van der Waals surface area contributed by atoms with Crippen molar-refractivity contribution in [1.82, 2.24) is 5.32 Å². The lowest BCUT2D eigenvalue weighted by Crippen LogP contribution is -2.25. The second-order valence-corrected chi connectivity index (χ2v) is 3.79. The van der Waals surface area contributed by atoms with Gasteiger partial charge in [0.1, 0.15) is 5.82 Å². The zero-order valence-corrected chi connectivity index (χ0v) is 9.80. The summed E-state index contributed by atoms with van der Waals surface area (Å²) in [6.45, 7) is 1.50. The molecule has 0 fully saturated rings. The van der Waals surface area contributed by atoms with E-state index >= 15 is 0 Å². The summed E-state index contributed by atoms with van der Waals surface area (Å²) in [7, 11) is 1.60. The van der Waals surface area contributed by atoms with Gasteiger partial charge < -0.3 is 15.2 Å². The van der Waals surface area contributed by atoms with Crippen LogP contribution < -0.4 is 5.32 Å². The summed E-state index contributed by atoms with van der Waals surface area (Å²) in [6, 6.07) is 3.94. The molecular weight excluding hydrogens is 233 g/mol. The molecule has 0 aliphatic carbocycles. The van der Waals surface area contributed by atoms with Gasteiger partial charge in [-0.2, -0.15) is 0 Å². The van der Waals surface area contributed by atoms with Crippen LogP contribution in [0, 0.1) is 5.82 Å². The summed E-state index contributed by atoms with van der Waals surface area (Å²) < 4.78 is 17.8. The van der Waals surface area contributed by atoms with Crippen LogP contribution in [0.3, 0.4) is 0 Å². The number of aliphatic hydroxyl groups excluding tert-OH is 1. The van der Waals surface area contributed by atoms with E-state index in [1.54, 1.807) is 7.11 Å². The van der Waals surface area contributed by atoms with Crippen molar-refractivity contribution < 1.29 is 14.2 Å². The molecule has 0 radical (unpaired) electrons. The SMILES string of the molecule is COCCNCC(O)c1cc(F)ccc1Cl. The molecule has 1 unspecified atom stereocenters. The third kappa shape index (κ3) is 4.06. The summed E-state index contributed by atoms with van der Waals surface area (Å²) in [6.07, 6.45) is -0.819. The van der Waals surface area contributed by atoms with Gasteiger partial charge in [-0.15, -0.1) is 0 Å². The molecule has 1 aromatic rings. The van der Waals surface area contributed by atoms with E-state index in [0.717, 1.165) is 0 Å². The van der Waals surface area contributed by atoms with Gasteiger partial charge in [0.2, 0.25) is 0 Å². The highest BCUT2D eigenvalue weighted by atomic mass is 35.5. The molecule has 0 aliphatic heterocycles.